The second-order valence-corrected chi connectivity index (χ2v) is 5.10. The van der Waals surface area contributed by atoms with Crippen molar-refractivity contribution in [3.05, 3.63) is 47.4 Å². The van der Waals surface area contributed by atoms with Crippen LogP contribution in [0.4, 0.5) is 11.5 Å². The number of carbonyl (C=O) groups excluding carboxylic acids is 1. The molecule has 1 aromatic carbocycles. The van der Waals surface area contributed by atoms with E-state index in [0.717, 1.165) is 11.3 Å². The number of aryl methyl sites for hydroxylation is 1. The van der Waals surface area contributed by atoms with Crippen LogP contribution in [0.3, 0.4) is 0 Å². The normalized spacial score (nSPS) is 10.5. The molecule has 1 N–H and O–H groups in total. The molecule has 2 rings (SSSR count). The van der Waals surface area contributed by atoms with Gasteiger partial charge in [-0.2, -0.15) is 0 Å². The molecule has 5 heteroatoms. The Hall–Kier alpha value is -2.43. The number of hydrogen-bond donors (Lipinski definition) is 1. The number of nitrogens with zero attached hydrogens (tertiary/aromatic N) is 2. The van der Waals surface area contributed by atoms with Crippen LogP contribution >= 0.6 is 0 Å². The lowest BCUT2D eigenvalue weighted by Gasteiger charge is -2.16. The molecule has 1 aromatic heterocycles. The monoisotopic (exact) mass is 285 g/mol. The molecule has 5 nitrogen and oxygen atoms in total. The summed E-state index contributed by atoms with van der Waals surface area (Å²) in [7, 11) is 1.32. The zero-order valence-corrected chi connectivity index (χ0v) is 12.7. The highest BCUT2D eigenvalue weighted by molar-refractivity contribution is 5.86. The number of carbonyl (C=O) groups is 1. The van der Waals surface area contributed by atoms with Gasteiger partial charge >= 0.3 is 5.97 Å². The molecule has 0 spiro atoms. The standard InChI is InChI=1S/C16H19N3O2/c1-10(2)12-7-5-6-11(3)15(12)19-14-9-17-13(8-18-14)16(20)21-4/h5-10H,1-4H3,(H,18,19). The van der Waals surface area contributed by atoms with Gasteiger partial charge in [0.1, 0.15) is 5.82 Å². The van der Waals surface area contributed by atoms with Gasteiger partial charge in [0.15, 0.2) is 5.69 Å². The second-order valence-electron chi connectivity index (χ2n) is 5.10. The van der Waals surface area contributed by atoms with E-state index in [-0.39, 0.29) is 5.69 Å². The van der Waals surface area contributed by atoms with Crippen molar-refractivity contribution in [1.82, 2.24) is 9.97 Å². The Kier molecular flexibility index (Phi) is 4.52. The second kappa shape index (κ2) is 6.35. The van der Waals surface area contributed by atoms with E-state index in [2.05, 4.69) is 39.9 Å². The van der Waals surface area contributed by atoms with E-state index in [1.54, 1.807) is 0 Å². The van der Waals surface area contributed by atoms with Crippen LogP contribution in [0.25, 0.3) is 0 Å². The van der Waals surface area contributed by atoms with Crippen LogP contribution in [0.5, 0.6) is 0 Å². The van der Waals surface area contributed by atoms with Crippen LogP contribution in [0, 0.1) is 6.92 Å². The average molecular weight is 285 g/mol. The van der Waals surface area contributed by atoms with Gasteiger partial charge in [-0.05, 0) is 24.0 Å². The van der Waals surface area contributed by atoms with Crippen molar-refractivity contribution in [2.45, 2.75) is 26.7 Å². The quantitative estimate of drug-likeness (QED) is 0.872. The van der Waals surface area contributed by atoms with Crippen molar-refractivity contribution >= 4 is 17.5 Å². The molecule has 110 valence electrons. The Balaban J connectivity index is 2.28. The third kappa shape index (κ3) is 3.37. The summed E-state index contributed by atoms with van der Waals surface area (Å²) < 4.78 is 4.60. The fraction of sp³-hybridized carbons (Fsp3) is 0.312. The molecule has 0 saturated carbocycles. The van der Waals surface area contributed by atoms with Crippen molar-refractivity contribution < 1.29 is 9.53 Å². The highest BCUT2D eigenvalue weighted by atomic mass is 16.5. The predicted octanol–water partition coefficient (Wildman–Crippen LogP) is 3.44. The Morgan fingerprint density at radius 3 is 2.57 bits per heavy atom. The zero-order valence-electron chi connectivity index (χ0n) is 12.7. The number of ether oxygens (including phenoxy) is 1. The Bertz CT molecular complexity index is 636. The SMILES string of the molecule is COC(=O)c1cnc(Nc2c(C)cccc2C(C)C)cn1. The minimum absolute atomic E-state index is 0.192. The van der Waals surface area contributed by atoms with Crippen LogP contribution < -0.4 is 5.32 Å². The van der Waals surface area contributed by atoms with Crippen molar-refractivity contribution in [3.63, 3.8) is 0 Å². The largest absolute Gasteiger partial charge is 0.464 e. The smallest absolute Gasteiger partial charge is 0.358 e. The van der Waals surface area contributed by atoms with E-state index >= 15 is 0 Å². The first-order valence-corrected chi connectivity index (χ1v) is 6.79. The topological polar surface area (TPSA) is 64.1 Å². The first kappa shape index (κ1) is 15.0. The molecule has 0 fully saturated rings. The van der Waals surface area contributed by atoms with Gasteiger partial charge in [0.2, 0.25) is 0 Å². The first-order chi connectivity index (χ1) is 10.0. The molecule has 0 saturated heterocycles. The molecule has 0 bridgehead atoms. The molecule has 0 aliphatic heterocycles. The Morgan fingerprint density at radius 1 is 1.24 bits per heavy atom. The minimum atomic E-state index is -0.493. The first-order valence-electron chi connectivity index (χ1n) is 6.79. The number of nitrogens with one attached hydrogen (secondary N) is 1. The van der Waals surface area contributed by atoms with Gasteiger partial charge in [0.25, 0.3) is 0 Å². The van der Waals surface area contributed by atoms with Gasteiger partial charge in [-0.15, -0.1) is 0 Å². The van der Waals surface area contributed by atoms with Crippen LogP contribution in [0.1, 0.15) is 41.4 Å². The van der Waals surface area contributed by atoms with Crippen LogP contribution in [0.15, 0.2) is 30.6 Å². The molecular weight excluding hydrogens is 266 g/mol. The summed E-state index contributed by atoms with van der Waals surface area (Å²) in [5, 5.41) is 3.28. The molecule has 0 radical (unpaired) electrons. The number of aromatic nitrogens is 2. The van der Waals surface area contributed by atoms with Gasteiger partial charge in [-0.1, -0.05) is 32.0 Å². The van der Waals surface area contributed by atoms with E-state index in [9.17, 15) is 4.79 Å². The minimum Gasteiger partial charge on any atom is -0.464 e. The van der Waals surface area contributed by atoms with Crippen LogP contribution in [0.2, 0.25) is 0 Å². The average Bonchev–Trinajstić information content (AvgIpc) is 2.49. The summed E-state index contributed by atoms with van der Waals surface area (Å²) in [4.78, 5) is 19.6. The fourth-order valence-electron chi connectivity index (χ4n) is 2.07. The molecule has 0 amide bonds. The summed E-state index contributed by atoms with van der Waals surface area (Å²) in [5.74, 6) is 0.501. The van der Waals surface area contributed by atoms with Crippen molar-refractivity contribution in [3.8, 4) is 0 Å². The lowest BCUT2D eigenvalue weighted by Crippen LogP contribution is -2.07. The molecule has 1 heterocycles. The number of benzene rings is 1. The van der Waals surface area contributed by atoms with E-state index in [1.165, 1.54) is 25.1 Å². The Morgan fingerprint density at radius 2 is 2.00 bits per heavy atom. The number of para-hydroxylation sites is 1. The molecular formula is C16H19N3O2. The third-order valence-corrected chi connectivity index (χ3v) is 3.23. The van der Waals surface area contributed by atoms with Gasteiger partial charge in [0, 0.05) is 5.69 Å². The number of methoxy groups -OCH3 is 1. The van der Waals surface area contributed by atoms with E-state index in [4.69, 9.17) is 0 Å². The summed E-state index contributed by atoms with van der Waals surface area (Å²) in [5.41, 5.74) is 3.58. The zero-order chi connectivity index (χ0) is 15.4. The van der Waals surface area contributed by atoms with E-state index in [1.807, 2.05) is 19.1 Å². The molecule has 0 aliphatic carbocycles. The van der Waals surface area contributed by atoms with E-state index in [0.29, 0.717) is 11.7 Å². The number of esters is 1. The summed E-state index contributed by atoms with van der Waals surface area (Å²) in [6.45, 7) is 6.34. The lowest BCUT2D eigenvalue weighted by molar-refractivity contribution is 0.0593. The van der Waals surface area contributed by atoms with Crippen molar-refractivity contribution in [2.24, 2.45) is 0 Å². The highest BCUT2D eigenvalue weighted by Crippen LogP contribution is 2.29. The number of hydrogen-bond acceptors (Lipinski definition) is 5. The van der Waals surface area contributed by atoms with Gasteiger partial charge in [-0.3, -0.25) is 0 Å². The van der Waals surface area contributed by atoms with Gasteiger partial charge < -0.3 is 10.1 Å². The van der Waals surface area contributed by atoms with Crippen molar-refractivity contribution in [2.75, 3.05) is 12.4 Å². The third-order valence-electron chi connectivity index (χ3n) is 3.23. The fourth-order valence-corrected chi connectivity index (χ4v) is 2.07. The summed E-state index contributed by atoms with van der Waals surface area (Å²) in [6, 6.07) is 6.18. The number of rotatable bonds is 4. The maximum Gasteiger partial charge on any atom is 0.358 e. The molecule has 0 unspecified atom stereocenters. The molecule has 21 heavy (non-hydrogen) atoms. The van der Waals surface area contributed by atoms with E-state index < -0.39 is 5.97 Å². The van der Waals surface area contributed by atoms with Crippen molar-refractivity contribution in [1.29, 1.82) is 0 Å². The Labute approximate surface area is 124 Å². The predicted molar refractivity (Wildman–Crippen MR) is 81.9 cm³/mol. The molecule has 0 aliphatic rings. The molecule has 0 atom stereocenters. The van der Waals surface area contributed by atoms with Crippen LogP contribution in [-0.2, 0) is 4.74 Å². The van der Waals surface area contributed by atoms with Gasteiger partial charge in [-0.25, -0.2) is 14.8 Å². The maximum absolute atomic E-state index is 11.3. The van der Waals surface area contributed by atoms with Crippen LogP contribution in [-0.4, -0.2) is 23.0 Å². The lowest BCUT2D eigenvalue weighted by atomic mass is 9.98. The molecule has 2 aromatic rings. The number of anilines is 2. The maximum atomic E-state index is 11.3. The van der Waals surface area contributed by atoms with Gasteiger partial charge in [0.05, 0.1) is 19.5 Å². The summed E-state index contributed by atoms with van der Waals surface area (Å²) in [6.07, 6.45) is 2.93. The highest BCUT2D eigenvalue weighted by Gasteiger charge is 2.11. The summed E-state index contributed by atoms with van der Waals surface area (Å²) >= 11 is 0.